The fraction of sp³-hybridized carbons (Fsp3) is 0.381. The number of rotatable bonds is 4. The van der Waals surface area contributed by atoms with Gasteiger partial charge in [-0.15, -0.1) is 5.10 Å². The van der Waals surface area contributed by atoms with E-state index in [2.05, 4.69) is 20.6 Å². The third kappa shape index (κ3) is 3.57. The molecule has 1 aliphatic carbocycles. The minimum atomic E-state index is -1.24. The summed E-state index contributed by atoms with van der Waals surface area (Å²) in [4.78, 5) is 29.2. The molecule has 0 radical (unpaired) electrons. The normalized spacial score (nSPS) is 16.3. The number of benzene rings is 1. The van der Waals surface area contributed by atoms with Crippen molar-refractivity contribution < 1.29 is 14.7 Å². The molecule has 2 heterocycles. The fourth-order valence-electron chi connectivity index (χ4n) is 3.98. The van der Waals surface area contributed by atoms with Gasteiger partial charge in [0.25, 0.3) is 5.91 Å². The molecular formula is C21H23N5O3. The maximum Gasteiger partial charge on any atom is 0.329 e. The molecule has 3 aromatic rings. The zero-order valence-electron chi connectivity index (χ0n) is 16.3. The zero-order chi connectivity index (χ0) is 20.4. The summed E-state index contributed by atoms with van der Waals surface area (Å²) in [6.45, 7) is 1.75. The second-order valence-corrected chi connectivity index (χ2v) is 7.57. The van der Waals surface area contributed by atoms with Crippen molar-refractivity contribution in [3.05, 3.63) is 47.9 Å². The van der Waals surface area contributed by atoms with E-state index in [1.54, 1.807) is 17.8 Å². The van der Waals surface area contributed by atoms with Gasteiger partial charge in [-0.25, -0.2) is 9.48 Å². The topological polar surface area (TPSA) is 110 Å². The first kappa shape index (κ1) is 19.0. The summed E-state index contributed by atoms with van der Waals surface area (Å²) in [6, 6.07) is 9.49. The number of aliphatic carboxylic acids is 1. The van der Waals surface area contributed by atoms with Crippen LogP contribution in [0.25, 0.3) is 16.6 Å². The van der Waals surface area contributed by atoms with Crippen LogP contribution >= 0.6 is 0 Å². The third-order valence-electron chi connectivity index (χ3n) is 5.66. The van der Waals surface area contributed by atoms with Crippen molar-refractivity contribution in [3.63, 3.8) is 0 Å². The number of nitrogens with zero attached hydrogens (tertiary/aromatic N) is 4. The van der Waals surface area contributed by atoms with Gasteiger partial charge in [-0.2, -0.15) is 0 Å². The Bertz CT molecular complexity index is 1070. The van der Waals surface area contributed by atoms with Crippen molar-refractivity contribution in [3.8, 4) is 5.69 Å². The van der Waals surface area contributed by atoms with E-state index in [4.69, 9.17) is 0 Å². The van der Waals surface area contributed by atoms with Crippen LogP contribution < -0.4 is 5.32 Å². The van der Waals surface area contributed by atoms with E-state index in [0.717, 1.165) is 42.3 Å². The van der Waals surface area contributed by atoms with Crippen LogP contribution in [0.5, 0.6) is 0 Å². The molecule has 29 heavy (non-hydrogen) atoms. The molecule has 0 bridgehead atoms. The number of fused-ring (bicyclic) bond motifs is 1. The molecule has 150 valence electrons. The SMILES string of the molecule is Cc1c(C(=O)NC2(C(=O)O)CCCCCC2)nnn1-c1ccc2ncccc2c1. The van der Waals surface area contributed by atoms with Crippen LogP contribution in [-0.4, -0.2) is 42.5 Å². The lowest BCUT2D eigenvalue weighted by molar-refractivity contribution is -0.145. The predicted octanol–water partition coefficient (Wildman–Crippen LogP) is 3.03. The summed E-state index contributed by atoms with van der Waals surface area (Å²) >= 11 is 0. The summed E-state index contributed by atoms with van der Waals surface area (Å²) < 4.78 is 1.59. The minimum absolute atomic E-state index is 0.140. The molecule has 4 rings (SSSR count). The third-order valence-corrected chi connectivity index (χ3v) is 5.66. The number of hydrogen-bond donors (Lipinski definition) is 2. The number of hydrogen-bond acceptors (Lipinski definition) is 5. The van der Waals surface area contributed by atoms with Crippen molar-refractivity contribution >= 4 is 22.8 Å². The lowest BCUT2D eigenvalue weighted by Crippen LogP contribution is -2.54. The Morgan fingerprint density at radius 3 is 2.62 bits per heavy atom. The lowest BCUT2D eigenvalue weighted by atomic mass is 9.90. The van der Waals surface area contributed by atoms with Crippen molar-refractivity contribution in [2.45, 2.75) is 51.0 Å². The van der Waals surface area contributed by atoms with Gasteiger partial charge in [0.1, 0.15) is 5.54 Å². The van der Waals surface area contributed by atoms with Crippen LogP contribution in [0, 0.1) is 6.92 Å². The Kier molecular flexibility index (Phi) is 5.00. The first-order valence-corrected chi connectivity index (χ1v) is 9.83. The molecule has 0 saturated heterocycles. The van der Waals surface area contributed by atoms with E-state index >= 15 is 0 Å². The van der Waals surface area contributed by atoms with Gasteiger partial charge < -0.3 is 10.4 Å². The molecule has 1 saturated carbocycles. The Labute approximate surface area is 167 Å². The number of nitrogens with one attached hydrogen (secondary N) is 1. The molecule has 1 aliphatic rings. The molecule has 1 amide bonds. The highest BCUT2D eigenvalue weighted by Gasteiger charge is 2.41. The highest BCUT2D eigenvalue weighted by molar-refractivity contribution is 5.97. The number of carboxylic acids is 1. The average molecular weight is 393 g/mol. The average Bonchev–Trinajstić information content (AvgIpc) is 2.94. The molecule has 0 unspecified atom stereocenters. The fourth-order valence-corrected chi connectivity index (χ4v) is 3.98. The highest BCUT2D eigenvalue weighted by Crippen LogP contribution is 2.28. The van der Waals surface area contributed by atoms with Crippen LogP contribution in [0.3, 0.4) is 0 Å². The Balaban J connectivity index is 1.63. The summed E-state index contributed by atoms with van der Waals surface area (Å²) in [7, 11) is 0. The van der Waals surface area contributed by atoms with Gasteiger partial charge in [-0.3, -0.25) is 9.78 Å². The van der Waals surface area contributed by atoms with Gasteiger partial charge in [0.2, 0.25) is 0 Å². The maximum atomic E-state index is 12.9. The molecule has 1 aromatic carbocycles. The Hall–Kier alpha value is -3.29. The Morgan fingerprint density at radius 2 is 1.90 bits per heavy atom. The number of carboxylic acid groups (broad SMARTS) is 1. The monoisotopic (exact) mass is 393 g/mol. The van der Waals surface area contributed by atoms with Crippen molar-refractivity contribution in [1.82, 2.24) is 25.3 Å². The summed E-state index contributed by atoms with van der Waals surface area (Å²) in [5.74, 6) is -1.49. The second-order valence-electron chi connectivity index (χ2n) is 7.57. The van der Waals surface area contributed by atoms with E-state index in [1.807, 2.05) is 30.3 Å². The lowest BCUT2D eigenvalue weighted by Gasteiger charge is -2.28. The molecule has 0 aliphatic heterocycles. The smallest absolute Gasteiger partial charge is 0.329 e. The highest BCUT2D eigenvalue weighted by atomic mass is 16.4. The van der Waals surface area contributed by atoms with Gasteiger partial charge in [0.15, 0.2) is 5.69 Å². The van der Waals surface area contributed by atoms with Crippen LogP contribution in [0.4, 0.5) is 0 Å². The van der Waals surface area contributed by atoms with Gasteiger partial charge in [-0.1, -0.05) is 37.0 Å². The van der Waals surface area contributed by atoms with Crippen LogP contribution in [0.2, 0.25) is 0 Å². The summed E-state index contributed by atoms with van der Waals surface area (Å²) in [5.41, 5.74) is 1.08. The molecule has 0 atom stereocenters. The number of amides is 1. The van der Waals surface area contributed by atoms with Crippen molar-refractivity contribution in [2.24, 2.45) is 0 Å². The first-order valence-electron chi connectivity index (χ1n) is 9.83. The quantitative estimate of drug-likeness (QED) is 0.659. The van der Waals surface area contributed by atoms with Crippen molar-refractivity contribution in [2.75, 3.05) is 0 Å². The second kappa shape index (κ2) is 7.62. The van der Waals surface area contributed by atoms with Crippen LogP contribution in [-0.2, 0) is 4.79 Å². The Morgan fingerprint density at radius 1 is 1.14 bits per heavy atom. The largest absolute Gasteiger partial charge is 0.480 e. The molecular weight excluding hydrogens is 370 g/mol. The number of aromatic nitrogens is 4. The van der Waals surface area contributed by atoms with E-state index in [-0.39, 0.29) is 5.69 Å². The molecule has 1 fully saturated rings. The van der Waals surface area contributed by atoms with Gasteiger partial charge in [-0.05, 0) is 44.0 Å². The van der Waals surface area contributed by atoms with Crippen LogP contribution in [0.15, 0.2) is 36.5 Å². The minimum Gasteiger partial charge on any atom is -0.480 e. The van der Waals surface area contributed by atoms with E-state index < -0.39 is 17.4 Å². The number of pyridine rings is 1. The van der Waals surface area contributed by atoms with Gasteiger partial charge >= 0.3 is 5.97 Å². The zero-order valence-corrected chi connectivity index (χ0v) is 16.3. The number of carbonyl (C=O) groups excluding carboxylic acids is 1. The summed E-state index contributed by atoms with van der Waals surface area (Å²) in [6.07, 6.45) is 6.12. The van der Waals surface area contributed by atoms with Gasteiger partial charge in [0.05, 0.1) is 16.9 Å². The molecule has 2 aromatic heterocycles. The first-order chi connectivity index (χ1) is 14.0. The summed E-state index contributed by atoms with van der Waals surface area (Å²) in [5, 5.41) is 21.7. The van der Waals surface area contributed by atoms with Gasteiger partial charge in [0, 0.05) is 11.6 Å². The van der Waals surface area contributed by atoms with E-state index in [1.165, 1.54) is 0 Å². The molecule has 0 spiro atoms. The predicted molar refractivity (Wildman–Crippen MR) is 107 cm³/mol. The maximum absolute atomic E-state index is 12.9. The molecule has 2 N–H and O–H groups in total. The van der Waals surface area contributed by atoms with Crippen molar-refractivity contribution in [1.29, 1.82) is 0 Å². The van der Waals surface area contributed by atoms with E-state index in [9.17, 15) is 14.7 Å². The van der Waals surface area contributed by atoms with E-state index in [0.29, 0.717) is 18.5 Å². The standard InChI is InChI=1S/C21H23N5O3/c1-14-18(19(27)23-21(20(28)29)10-4-2-3-5-11-21)24-25-26(14)16-8-9-17-15(13-16)7-6-12-22-17/h6-9,12-13H,2-5,10-11H2,1H3,(H,23,27)(H,28,29). The van der Waals surface area contributed by atoms with Crippen LogP contribution in [0.1, 0.15) is 54.7 Å². The number of carbonyl (C=O) groups is 2. The molecule has 8 nitrogen and oxygen atoms in total. The molecule has 8 heteroatoms.